The average molecular weight is 568 g/mol. The van der Waals surface area contributed by atoms with Gasteiger partial charge in [0.15, 0.2) is 0 Å². The quantitative estimate of drug-likeness (QED) is 0.353. The summed E-state index contributed by atoms with van der Waals surface area (Å²) in [5.74, 6) is 0.143. The number of rotatable bonds is 12. The SMILES string of the molecule is COc1cccc(CN(C(=O)CN(c2cccc(OC)c2)S(=O)(=O)c2ccc(C)cc2)[C@@H](C)C(=O)NC(C)C)c1. The second-order valence-electron chi connectivity index (χ2n) is 9.74. The van der Waals surface area contributed by atoms with Crippen LogP contribution in [0.4, 0.5) is 5.69 Å². The molecule has 0 spiro atoms. The molecule has 0 aromatic heterocycles. The number of methoxy groups -OCH3 is 2. The van der Waals surface area contributed by atoms with Crippen molar-refractivity contribution >= 4 is 27.5 Å². The summed E-state index contributed by atoms with van der Waals surface area (Å²) >= 11 is 0. The number of amides is 2. The lowest BCUT2D eigenvalue weighted by molar-refractivity contribution is -0.139. The number of hydrogen-bond donors (Lipinski definition) is 1. The smallest absolute Gasteiger partial charge is 0.264 e. The summed E-state index contributed by atoms with van der Waals surface area (Å²) in [6.07, 6.45) is 0. The molecule has 0 radical (unpaired) electrons. The topological polar surface area (TPSA) is 105 Å². The molecule has 0 unspecified atom stereocenters. The summed E-state index contributed by atoms with van der Waals surface area (Å²) in [4.78, 5) is 28.4. The van der Waals surface area contributed by atoms with Crippen LogP contribution < -0.4 is 19.1 Å². The highest BCUT2D eigenvalue weighted by Gasteiger charge is 2.33. The molecule has 0 bridgehead atoms. The normalized spacial score (nSPS) is 12.0. The molecule has 3 aromatic carbocycles. The molecule has 2 amide bonds. The monoisotopic (exact) mass is 567 g/mol. The Bertz CT molecular complexity index is 1420. The third-order valence-corrected chi connectivity index (χ3v) is 8.10. The van der Waals surface area contributed by atoms with Crippen molar-refractivity contribution in [3.63, 3.8) is 0 Å². The van der Waals surface area contributed by atoms with Crippen LogP contribution >= 0.6 is 0 Å². The van der Waals surface area contributed by atoms with Gasteiger partial charge in [-0.25, -0.2) is 8.42 Å². The Labute approximate surface area is 236 Å². The first-order valence-corrected chi connectivity index (χ1v) is 14.4. The second-order valence-corrected chi connectivity index (χ2v) is 11.6. The Morgan fingerprint density at radius 2 is 1.48 bits per heavy atom. The predicted octanol–water partition coefficient (Wildman–Crippen LogP) is 4.15. The number of carbonyl (C=O) groups excluding carboxylic acids is 2. The van der Waals surface area contributed by atoms with Gasteiger partial charge in [-0.15, -0.1) is 0 Å². The Morgan fingerprint density at radius 3 is 2.08 bits per heavy atom. The summed E-state index contributed by atoms with van der Waals surface area (Å²) in [5, 5.41) is 2.84. The van der Waals surface area contributed by atoms with Gasteiger partial charge in [-0.2, -0.15) is 0 Å². The molecular formula is C30H37N3O6S. The first kappa shape index (κ1) is 30.5. The van der Waals surface area contributed by atoms with E-state index in [1.807, 2.05) is 26.8 Å². The molecule has 0 heterocycles. The molecule has 1 N–H and O–H groups in total. The summed E-state index contributed by atoms with van der Waals surface area (Å²) in [7, 11) is -1.14. The van der Waals surface area contributed by atoms with Crippen LogP contribution in [-0.4, -0.2) is 58.0 Å². The highest BCUT2D eigenvalue weighted by molar-refractivity contribution is 7.92. The number of hydrogen-bond acceptors (Lipinski definition) is 6. The van der Waals surface area contributed by atoms with Crippen LogP contribution in [0.2, 0.25) is 0 Å². The molecule has 0 aliphatic heterocycles. The van der Waals surface area contributed by atoms with Gasteiger partial charge in [-0.3, -0.25) is 13.9 Å². The maximum atomic E-state index is 14.0. The Balaban J connectivity index is 2.06. The van der Waals surface area contributed by atoms with Gasteiger partial charge in [0, 0.05) is 18.7 Å². The van der Waals surface area contributed by atoms with Crippen LogP contribution in [0.1, 0.15) is 31.9 Å². The third kappa shape index (κ3) is 7.53. The fraction of sp³-hybridized carbons (Fsp3) is 0.333. The van der Waals surface area contributed by atoms with E-state index in [-0.39, 0.29) is 29.1 Å². The first-order chi connectivity index (χ1) is 19.0. The van der Waals surface area contributed by atoms with Crippen molar-refractivity contribution in [2.45, 2.75) is 51.2 Å². The number of benzene rings is 3. The van der Waals surface area contributed by atoms with E-state index in [0.717, 1.165) is 15.4 Å². The molecule has 0 fully saturated rings. The molecule has 3 rings (SSSR count). The Morgan fingerprint density at radius 1 is 0.875 bits per heavy atom. The van der Waals surface area contributed by atoms with E-state index >= 15 is 0 Å². The van der Waals surface area contributed by atoms with Gasteiger partial charge in [-0.05, 0) is 69.7 Å². The maximum Gasteiger partial charge on any atom is 0.264 e. The van der Waals surface area contributed by atoms with E-state index in [9.17, 15) is 18.0 Å². The average Bonchev–Trinajstić information content (AvgIpc) is 2.94. The highest BCUT2D eigenvalue weighted by atomic mass is 32.2. The second kappa shape index (κ2) is 13.3. The van der Waals surface area contributed by atoms with Gasteiger partial charge in [0.1, 0.15) is 24.1 Å². The molecule has 1 atom stereocenters. The zero-order valence-corrected chi connectivity index (χ0v) is 24.6. The summed E-state index contributed by atoms with van der Waals surface area (Å²) < 4.78 is 39.5. The Kier molecular flexibility index (Phi) is 10.2. The lowest BCUT2D eigenvalue weighted by Gasteiger charge is -2.32. The number of ether oxygens (including phenoxy) is 2. The van der Waals surface area contributed by atoms with E-state index in [1.165, 1.54) is 24.1 Å². The van der Waals surface area contributed by atoms with Gasteiger partial charge < -0.3 is 19.7 Å². The molecule has 0 saturated heterocycles. The van der Waals surface area contributed by atoms with E-state index in [0.29, 0.717) is 11.5 Å². The van der Waals surface area contributed by atoms with Crippen LogP contribution in [-0.2, 0) is 26.2 Å². The molecule has 9 nitrogen and oxygen atoms in total. The van der Waals surface area contributed by atoms with Crippen molar-refractivity contribution < 1.29 is 27.5 Å². The summed E-state index contributed by atoms with van der Waals surface area (Å²) in [6, 6.07) is 19.1. The van der Waals surface area contributed by atoms with Crippen LogP contribution in [0.3, 0.4) is 0 Å². The molecule has 40 heavy (non-hydrogen) atoms. The van der Waals surface area contributed by atoms with Crippen molar-refractivity contribution in [2.24, 2.45) is 0 Å². The van der Waals surface area contributed by atoms with E-state index in [4.69, 9.17) is 9.47 Å². The van der Waals surface area contributed by atoms with E-state index < -0.39 is 28.5 Å². The molecular weight excluding hydrogens is 530 g/mol. The zero-order valence-electron chi connectivity index (χ0n) is 23.7. The minimum atomic E-state index is -4.16. The summed E-state index contributed by atoms with van der Waals surface area (Å²) in [6.45, 7) is 6.68. The largest absolute Gasteiger partial charge is 0.497 e. The van der Waals surface area contributed by atoms with Gasteiger partial charge in [0.25, 0.3) is 10.0 Å². The van der Waals surface area contributed by atoms with Crippen LogP contribution in [0.5, 0.6) is 11.5 Å². The van der Waals surface area contributed by atoms with Crippen molar-refractivity contribution in [1.29, 1.82) is 0 Å². The van der Waals surface area contributed by atoms with E-state index in [2.05, 4.69) is 5.32 Å². The first-order valence-electron chi connectivity index (χ1n) is 12.9. The van der Waals surface area contributed by atoms with Gasteiger partial charge >= 0.3 is 0 Å². The van der Waals surface area contributed by atoms with Crippen molar-refractivity contribution in [3.8, 4) is 11.5 Å². The van der Waals surface area contributed by atoms with Gasteiger partial charge in [0.05, 0.1) is 24.8 Å². The standard InChI is InChI=1S/C30H37N3O6S/c1-21(2)31-30(35)23(4)32(19-24-9-7-11-26(17-24)38-5)29(34)20-33(25-10-8-12-27(18-25)39-6)40(36,37)28-15-13-22(3)14-16-28/h7-18,21,23H,19-20H2,1-6H3,(H,31,35)/t23-/m0/s1. The van der Waals surface area contributed by atoms with Crippen LogP contribution in [0.15, 0.2) is 77.7 Å². The van der Waals surface area contributed by atoms with Gasteiger partial charge in [-0.1, -0.05) is 35.9 Å². The minimum absolute atomic E-state index is 0.0404. The zero-order chi connectivity index (χ0) is 29.4. The highest BCUT2D eigenvalue weighted by Crippen LogP contribution is 2.28. The lowest BCUT2D eigenvalue weighted by atomic mass is 10.1. The molecule has 10 heteroatoms. The third-order valence-electron chi connectivity index (χ3n) is 6.31. The van der Waals surface area contributed by atoms with Crippen molar-refractivity contribution in [3.05, 3.63) is 83.9 Å². The van der Waals surface area contributed by atoms with Crippen LogP contribution in [0.25, 0.3) is 0 Å². The minimum Gasteiger partial charge on any atom is -0.497 e. The fourth-order valence-corrected chi connectivity index (χ4v) is 5.49. The number of sulfonamides is 1. The number of anilines is 1. The molecule has 0 aliphatic rings. The molecule has 0 saturated carbocycles. The molecule has 214 valence electrons. The Hall–Kier alpha value is -4.05. The fourth-order valence-electron chi connectivity index (χ4n) is 4.09. The lowest BCUT2D eigenvalue weighted by Crippen LogP contribution is -2.52. The van der Waals surface area contributed by atoms with E-state index in [1.54, 1.807) is 68.6 Å². The predicted molar refractivity (Wildman–Crippen MR) is 155 cm³/mol. The number of aryl methyl sites for hydroxylation is 1. The van der Waals surface area contributed by atoms with Gasteiger partial charge in [0.2, 0.25) is 11.8 Å². The summed E-state index contributed by atoms with van der Waals surface area (Å²) in [5.41, 5.74) is 1.89. The number of nitrogens with one attached hydrogen (secondary N) is 1. The molecule has 3 aromatic rings. The van der Waals surface area contributed by atoms with Crippen molar-refractivity contribution in [2.75, 3.05) is 25.1 Å². The number of nitrogens with zero attached hydrogens (tertiary/aromatic N) is 2. The molecule has 0 aliphatic carbocycles. The maximum absolute atomic E-state index is 14.0. The van der Waals surface area contributed by atoms with Crippen molar-refractivity contribution in [1.82, 2.24) is 10.2 Å². The number of carbonyl (C=O) groups is 2. The van der Waals surface area contributed by atoms with Crippen LogP contribution in [0, 0.1) is 6.92 Å².